The second kappa shape index (κ2) is 6.95. The molecule has 2 aromatic carbocycles. The van der Waals surface area contributed by atoms with Crippen LogP contribution in [0.25, 0.3) is 5.76 Å². The molecular formula is C22H24O7. The number of ether oxygens (including phenoxy) is 3. The van der Waals surface area contributed by atoms with Crippen LogP contribution in [-0.4, -0.2) is 38.7 Å². The lowest BCUT2D eigenvalue weighted by atomic mass is 9.85. The lowest BCUT2D eigenvalue weighted by Gasteiger charge is -2.43. The molecule has 3 atom stereocenters. The van der Waals surface area contributed by atoms with Crippen molar-refractivity contribution in [2.45, 2.75) is 44.7 Å². The standard InChI is InChI=1S/C22H24O7/c1-4-27-20-18-16(29-22(2,3)21(20)26)10-14(25)17-13(24)9-15(28-19(17)18)11-5-7-12(23)8-6-11/h5-10,13,20-21,23-26H,4H2,1-3H3/t13-,20-,21-/m0/s1. The van der Waals surface area contributed by atoms with Crippen LogP contribution in [0.5, 0.6) is 23.0 Å². The minimum Gasteiger partial charge on any atom is -0.508 e. The van der Waals surface area contributed by atoms with E-state index in [0.29, 0.717) is 29.2 Å². The maximum atomic E-state index is 10.9. The zero-order valence-corrected chi connectivity index (χ0v) is 16.4. The van der Waals surface area contributed by atoms with E-state index in [9.17, 15) is 20.4 Å². The number of aliphatic hydroxyl groups is 2. The number of rotatable bonds is 3. The van der Waals surface area contributed by atoms with Gasteiger partial charge in [-0.1, -0.05) is 0 Å². The highest BCUT2D eigenvalue weighted by Crippen LogP contribution is 2.54. The third kappa shape index (κ3) is 3.21. The van der Waals surface area contributed by atoms with E-state index in [1.54, 1.807) is 26.0 Å². The summed E-state index contributed by atoms with van der Waals surface area (Å²) in [5.74, 6) is 0.818. The van der Waals surface area contributed by atoms with Crippen LogP contribution in [0.4, 0.5) is 0 Å². The van der Waals surface area contributed by atoms with Gasteiger partial charge in [-0.3, -0.25) is 0 Å². The Kier molecular flexibility index (Phi) is 4.69. The third-order valence-corrected chi connectivity index (χ3v) is 5.27. The summed E-state index contributed by atoms with van der Waals surface area (Å²) >= 11 is 0. The normalized spacial score (nSPS) is 24.6. The molecule has 0 aliphatic carbocycles. The molecule has 0 spiro atoms. The Labute approximate surface area is 168 Å². The number of aliphatic hydroxyl groups excluding tert-OH is 2. The monoisotopic (exact) mass is 400 g/mol. The minimum absolute atomic E-state index is 0.108. The van der Waals surface area contributed by atoms with Gasteiger partial charge in [0, 0.05) is 18.2 Å². The molecule has 0 radical (unpaired) electrons. The van der Waals surface area contributed by atoms with Crippen LogP contribution in [0.15, 0.2) is 36.4 Å². The quantitative estimate of drug-likeness (QED) is 0.627. The SMILES string of the molecule is CCO[C@H]1c2c(cc(O)c3c2OC(c2ccc(O)cc2)=C[C@@H]3O)OC(C)(C)[C@H]1O. The summed E-state index contributed by atoms with van der Waals surface area (Å²) in [4.78, 5) is 0. The molecule has 2 heterocycles. The molecular weight excluding hydrogens is 376 g/mol. The van der Waals surface area contributed by atoms with Crippen molar-refractivity contribution >= 4 is 5.76 Å². The maximum absolute atomic E-state index is 10.9. The van der Waals surface area contributed by atoms with E-state index in [2.05, 4.69) is 0 Å². The maximum Gasteiger partial charge on any atom is 0.146 e. The lowest BCUT2D eigenvalue weighted by molar-refractivity contribution is -0.133. The Hall–Kier alpha value is -2.74. The van der Waals surface area contributed by atoms with E-state index in [4.69, 9.17) is 14.2 Å². The zero-order valence-electron chi connectivity index (χ0n) is 16.4. The van der Waals surface area contributed by atoms with Crippen LogP contribution in [-0.2, 0) is 4.74 Å². The molecule has 0 saturated heterocycles. The second-order valence-corrected chi connectivity index (χ2v) is 7.70. The lowest BCUT2D eigenvalue weighted by Crippen LogP contribution is -2.49. The van der Waals surface area contributed by atoms with Crippen molar-refractivity contribution in [3.05, 3.63) is 53.1 Å². The van der Waals surface area contributed by atoms with Gasteiger partial charge in [-0.25, -0.2) is 0 Å². The van der Waals surface area contributed by atoms with Gasteiger partial charge in [0.2, 0.25) is 0 Å². The average Bonchev–Trinajstić information content (AvgIpc) is 2.65. The van der Waals surface area contributed by atoms with Gasteiger partial charge in [-0.15, -0.1) is 0 Å². The Morgan fingerprint density at radius 3 is 2.41 bits per heavy atom. The van der Waals surface area contributed by atoms with Gasteiger partial charge >= 0.3 is 0 Å². The first-order valence-electron chi connectivity index (χ1n) is 9.48. The molecule has 2 aliphatic rings. The summed E-state index contributed by atoms with van der Waals surface area (Å²) in [5.41, 5.74) is 0.313. The number of phenolic OH excluding ortho intramolecular Hbond substituents is 2. The van der Waals surface area contributed by atoms with Gasteiger partial charge in [0.15, 0.2) is 0 Å². The summed E-state index contributed by atoms with van der Waals surface area (Å²) in [6, 6.07) is 7.75. The number of hydrogen-bond acceptors (Lipinski definition) is 7. The molecule has 0 aromatic heterocycles. The summed E-state index contributed by atoms with van der Waals surface area (Å²) in [7, 11) is 0. The fraction of sp³-hybridized carbons (Fsp3) is 0.364. The van der Waals surface area contributed by atoms with Gasteiger partial charge in [0.25, 0.3) is 0 Å². The van der Waals surface area contributed by atoms with E-state index >= 15 is 0 Å². The van der Waals surface area contributed by atoms with Crippen molar-refractivity contribution < 1.29 is 34.6 Å². The molecule has 0 bridgehead atoms. The van der Waals surface area contributed by atoms with Crippen LogP contribution in [0.3, 0.4) is 0 Å². The Morgan fingerprint density at radius 2 is 1.76 bits per heavy atom. The van der Waals surface area contributed by atoms with Crippen LogP contribution in [0.2, 0.25) is 0 Å². The van der Waals surface area contributed by atoms with Crippen molar-refractivity contribution in [2.75, 3.05) is 6.61 Å². The number of aromatic hydroxyl groups is 2. The molecule has 0 unspecified atom stereocenters. The van der Waals surface area contributed by atoms with E-state index < -0.39 is 23.9 Å². The van der Waals surface area contributed by atoms with Crippen molar-refractivity contribution in [3.8, 4) is 23.0 Å². The topological polar surface area (TPSA) is 109 Å². The van der Waals surface area contributed by atoms with E-state index in [0.717, 1.165) is 0 Å². The van der Waals surface area contributed by atoms with Crippen LogP contribution in [0.1, 0.15) is 49.7 Å². The Balaban J connectivity index is 1.87. The highest BCUT2D eigenvalue weighted by atomic mass is 16.5. The summed E-state index contributed by atoms with van der Waals surface area (Å²) in [6.07, 6.45) is -1.42. The third-order valence-electron chi connectivity index (χ3n) is 5.27. The minimum atomic E-state index is -1.14. The molecule has 4 N–H and O–H groups in total. The fourth-order valence-corrected chi connectivity index (χ4v) is 3.77. The molecule has 7 nitrogen and oxygen atoms in total. The fourth-order valence-electron chi connectivity index (χ4n) is 3.77. The zero-order chi connectivity index (χ0) is 20.9. The number of fused-ring (bicyclic) bond motifs is 3. The summed E-state index contributed by atoms with van der Waals surface area (Å²) < 4.78 is 17.9. The molecule has 29 heavy (non-hydrogen) atoms. The molecule has 0 fully saturated rings. The first kappa shape index (κ1) is 19.6. The van der Waals surface area contributed by atoms with Crippen molar-refractivity contribution in [1.82, 2.24) is 0 Å². The van der Waals surface area contributed by atoms with Gasteiger partial charge in [0.05, 0.1) is 11.1 Å². The van der Waals surface area contributed by atoms with Gasteiger partial charge < -0.3 is 34.6 Å². The van der Waals surface area contributed by atoms with Crippen molar-refractivity contribution in [2.24, 2.45) is 0 Å². The van der Waals surface area contributed by atoms with E-state index in [-0.39, 0.29) is 22.8 Å². The van der Waals surface area contributed by atoms with Crippen LogP contribution in [0, 0.1) is 0 Å². The molecule has 2 aliphatic heterocycles. The highest BCUT2D eigenvalue weighted by Gasteiger charge is 2.47. The number of phenols is 2. The molecule has 0 saturated carbocycles. The summed E-state index contributed by atoms with van der Waals surface area (Å²) in [6.45, 7) is 5.64. The predicted octanol–water partition coefficient (Wildman–Crippen LogP) is 3.17. The first-order chi connectivity index (χ1) is 13.7. The van der Waals surface area contributed by atoms with Crippen LogP contribution < -0.4 is 9.47 Å². The van der Waals surface area contributed by atoms with Gasteiger partial charge in [-0.05, 0) is 51.1 Å². The smallest absolute Gasteiger partial charge is 0.146 e. The molecule has 4 rings (SSSR count). The van der Waals surface area contributed by atoms with Gasteiger partial charge in [0.1, 0.15) is 52.7 Å². The van der Waals surface area contributed by atoms with Crippen molar-refractivity contribution in [3.63, 3.8) is 0 Å². The number of hydrogen-bond donors (Lipinski definition) is 4. The molecule has 7 heteroatoms. The largest absolute Gasteiger partial charge is 0.508 e. The molecule has 2 aromatic rings. The highest BCUT2D eigenvalue weighted by molar-refractivity contribution is 5.71. The Morgan fingerprint density at radius 1 is 1.07 bits per heavy atom. The predicted molar refractivity (Wildman–Crippen MR) is 105 cm³/mol. The van der Waals surface area contributed by atoms with Crippen molar-refractivity contribution in [1.29, 1.82) is 0 Å². The average molecular weight is 400 g/mol. The Bertz CT molecular complexity index is 962. The van der Waals surface area contributed by atoms with Crippen LogP contribution >= 0.6 is 0 Å². The molecule has 154 valence electrons. The molecule has 0 amide bonds. The van der Waals surface area contributed by atoms with Gasteiger partial charge in [-0.2, -0.15) is 0 Å². The first-order valence-corrected chi connectivity index (χ1v) is 9.48. The summed E-state index contributed by atoms with van der Waals surface area (Å²) in [5, 5.41) is 41.6. The van der Waals surface area contributed by atoms with E-state index in [1.807, 2.05) is 6.92 Å². The van der Waals surface area contributed by atoms with E-state index in [1.165, 1.54) is 24.3 Å². The second-order valence-electron chi connectivity index (χ2n) is 7.70. The number of benzene rings is 2.